The summed E-state index contributed by atoms with van der Waals surface area (Å²) >= 11 is 0. The van der Waals surface area contributed by atoms with Crippen LogP contribution in [-0.4, -0.2) is 13.6 Å². The minimum Gasteiger partial charge on any atom is -0.459 e. The number of rotatable bonds is 4. The van der Waals surface area contributed by atoms with Crippen LogP contribution in [0.1, 0.15) is 17.4 Å². The van der Waals surface area contributed by atoms with Gasteiger partial charge in [-0.2, -0.15) is 0 Å². The van der Waals surface area contributed by atoms with E-state index >= 15 is 0 Å². The highest BCUT2D eigenvalue weighted by Crippen LogP contribution is 2.30. The predicted octanol–water partition coefficient (Wildman–Crippen LogP) is 3.88. The van der Waals surface area contributed by atoms with Crippen molar-refractivity contribution in [1.82, 2.24) is 0 Å². The highest BCUT2D eigenvalue weighted by atomic mass is 16.3. The maximum atomic E-state index is 6.01. The lowest BCUT2D eigenvalue weighted by Gasteiger charge is -2.28. The summed E-state index contributed by atoms with van der Waals surface area (Å²) in [5.41, 5.74) is 9.33. The number of nitrogens with two attached hydrogens (primary N) is 1. The van der Waals surface area contributed by atoms with Gasteiger partial charge in [0.1, 0.15) is 11.3 Å². The Bertz CT molecular complexity index is 715. The van der Waals surface area contributed by atoms with Gasteiger partial charge in [-0.1, -0.05) is 36.4 Å². The van der Waals surface area contributed by atoms with Crippen molar-refractivity contribution in [2.45, 2.75) is 13.0 Å². The second kappa shape index (κ2) is 5.62. The van der Waals surface area contributed by atoms with Crippen molar-refractivity contribution in [1.29, 1.82) is 0 Å². The summed E-state index contributed by atoms with van der Waals surface area (Å²) in [7, 11) is 2.06. The molecule has 3 nitrogen and oxygen atoms in total. The average Bonchev–Trinajstić information content (AvgIpc) is 2.91. The van der Waals surface area contributed by atoms with Gasteiger partial charge < -0.3 is 15.1 Å². The van der Waals surface area contributed by atoms with Crippen LogP contribution in [0.15, 0.2) is 59.0 Å². The zero-order valence-electron chi connectivity index (χ0n) is 12.4. The van der Waals surface area contributed by atoms with Crippen molar-refractivity contribution >= 4 is 16.7 Å². The molecule has 1 atom stereocenters. The molecule has 2 aromatic carbocycles. The first kappa shape index (κ1) is 13.7. The molecule has 108 valence electrons. The SMILES string of the molecule is Cc1ccccc1N(C)C(CN)c1cc2ccccc2o1. The maximum Gasteiger partial charge on any atom is 0.134 e. The number of benzene rings is 2. The number of hydrogen-bond acceptors (Lipinski definition) is 3. The van der Waals surface area contributed by atoms with Crippen LogP contribution in [0.3, 0.4) is 0 Å². The Morgan fingerprint density at radius 2 is 1.81 bits per heavy atom. The van der Waals surface area contributed by atoms with Crippen molar-refractivity contribution in [2.75, 3.05) is 18.5 Å². The molecule has 0 aliphatic rings. The van der Waals surface area contributed by atoms with Gasteiger partial charge in [0.2, 0.25) is 0 Å². The van der Waals surface area contributed by atoms with Gasteiger partial charge in [0.15, 0.2) is 0 Å². The van der Waals surface area contributed by atoms with Gasteiger partial charge in [0, 0.05) is 24.7 Å². The van der Waals surface area contributed by atoms with E-state index in [-0.39, 0.29) is 6.04 Å². The highest BCUT2D eigenvalue weighted by Gasteiger charge is 2.21. The summed E-state index contributed by atoms with van der Waals surface area (Å²) in [4.78, 5) is 2.19. The van der Waals surface area contributed by atoms with Crippen LogP contribution in [-0.2, 0) is 0 Å². The smallest absolute Gasteiger partial charge is 0.134 e. The molecule has 0 spiro atoms. The minimum absolute atomic E-state index is 0.0264. The van der Waals surface area contributed by atoms with Crippen LogP contribution in [0, 0.1) is 6.92 Å². The lowest BCUT2D eigenvalue weighted by molar-refractivity contribution is 0.487. The molecule has 1 heterocycles. The third-order valence-electron chi connectivity index (χ3n) is 3.96. The maximum absolute atomic E-state index is 6.01. The number of fused-ring (bicyclic) bond motifs is 1. The minimum atomic E-state index is 0.0264. The summed E-state index contributed by atoms with van der Waals surface area (Å²) in [6.45, 7) is 2.61. The molecule has 21 heavy (non-hydrogen) atoms. The van der Waals surface area contributed by atoms with Crippen LogP contribution in [0.25, 0.3) is 11.0 Å². The van der Waals surface area contributed by atoms with Gasteiger partial charge >= 0.3 is 0 Å². The molecule has 1 aromatic heterocycles. The van der Waals surface area contributed by atoms with Crippen LogP contribution in [0.4, 0.5) is 5.69 Å². The van der Waals surface area contributed by atoms with Crippen LogP contribution in [0.5, 0.6) is 0 Å². The monoisotopic (exact) mass is 280 g/mol. The van der Waals surface area contributed by atoms with E-state index in [1.54, 1.807) is 0 Å². The van der Waals surface area contributed by atoms with Gasteiger partial charge in [0.25, 0.3) is 0 Å². The third-order valence-corrected chi connectivity index (χ3v) is 3.96. The van der Waals surface area contributed by atoms with E-state index in [0.29, 0.717) is 6.54 Å². The normalized spacial score (nSPS) is 12.5. The van der Waals surface area contributed by atoms with Crippen molar-refractivity contribution in [3.63, 3.8) is 0 Å². The van der Waals surface area contributed by atoms with Gasteiger partial charge in [0.05, 0.1) is 6.04 Å². The third kappa shape index (κ3) is 2.52. The second-order valence-electron chi connectivity index (χ2n) is 5.34. The van der Waals surface area contributed by atoms with Gasteiger partial charge in [-0.3, -0.25) is 0 Å². The number of anilines is 1. The molecule has 0 aliphatic heterocycles. The molecule has 0 amide bonds. The van der Waals surface area contributed by atoms with E-state index in [0.717, 1.165) is 16.7 Å². The molecule has 2 N–H and O–H groups in total. The van der Waals surface area contributed by atoms with Gasteiger partial charge in [-0.25, -0.2) is 0 Å². The highest BCUT2D eigenvalue weighted by molar-refractivity contribution is 5.78. The topological polar surface area (TPSA) is 42.4 Å². The van der Waals surface area contributed by atoms with E-state index in [2.05, 4.69) is 43.1 Å². The fourth-order valence-electron chi connectivity index (χ4n) is 2.76. The number of aryl methyl sites for hydroxylation is 1. The molecule has 1 unspecified atom stereocenters. The Hall–Kier alpha value is -2.26. The summed E-state index contributed by atoms with van der Waals surface area (Å²) in [5, 5.41) is 1.11. The van der Waals surface area contributed by atoms with E-state index < -0.39 is 0 Å². The molecule has 0 fully saturated rings. The Labute approximate surface area is 125 Å². The van der Waals surface area contributed by atoms with Crippen LogP contribution < -0.4 is 10.6 Å². The molecular formula is C18H20N2O. The average molecular weight is 280 g/mol. The molecule has 3 aromatic rings. The van der Waals surface area contributed by atoms with Crippen molar-refractivity contribution in [3.8, 4) is 0 Å². The summed E-state index contributed by atoms with van der Waals surface area (Å²) in [6.07, 6.45) is 0. The number of furan rings is 1. The molecule has 0 saturated heterocycles. The van der Waals surface area contributed by atoms with Crippen molar-refractivity contribution in [2.24, 2.45) is 5.73 Å². The lowest BCUT2D eigenvalue weighted by atomic mass is 10.1. The van der Waals surface area contributed by atoms with Crippen LogP contribution in [0.2, 0.25) is 0 Å². The van der Waals surface area contributed by atoms with E-state index in [9.17, 15) is 0 Å². The zero-order valence-corrected chi connectivity index (χ0v) is 12.4. The molecule has 3 rings (SSSR count). The fourth-order valence-corrected chi connectivity index (χ4v) is 2.76. The van der Waals surface area contributed by atoms with E-state index in [1.165, 1.54) is 11.3 Å². The number of hydrogen-bond donors (Lipinski definition) is 1. The van der Waals surface area contributed by atoms with Crippen molar-refractivity contribution in [3.05, 3.63) is 65.9 Å². The quantitative estimate of drug-likeness (QED) is 0.788. The fraction of sp³-hybridized carbons (Fsp3) is 0.222. The first-order valence-corrected chi connectivity index (χ1v) is 7.17. The Kier molecular flexibility index (Phi) is 3.67. The second-order valence-corrected chi connectivity index (χ2v) is 5.34. The van der Waals surface area contributed by atoms with Crippen molar-refractivity contribution < 1.29 is 4.42 Å². The molecule has 3 heteroatoms. The zero-order chi connectivity index (χ0) is 14.8. The Balaban J connectivity index is 1.99. The molecule has 0 saturated carbocycles. The first-order valence-electron chi connectivity index (χ1n) is 7.17. The standard InChI is InChI=1S/C18H20N2O/c1-13-7-3-5-9-15(13)20(2)16(12-19)18-11-14-8-4-6-10-17(14)21-18/h3-11,16H,12,19H2,1-2H3. The molecular weight excluding hydrogens is 260 g/mol. The van der Waals surface area contributed by atoms with E-state index in [1.807, 2.05) is 30.3 Å². The molecule has 0 aliphatic carbocycles. The lowest BCUT2D eigenvalue weighted by Crippen LogP contribution is -2.30. The van der Waals surface area contributed by atoms with Crippen LogP contribution >= 0.6 is 0 Å². The Morgan fingerprint density at radius 1 is 1.10 bits per heavy atom. The molecule has 0 radical (unpaired) electrons. The van der Waals surface area contributed by atoms with E-state index in [4.69, 9.17) is 10.2 Å². The summed E-state index contributed by atoms with van der Waals surface area (Å²) < 4.78 is 5.98. The predicted molar refractivity (Wildman–Crippen MR) is 87.6 cm³/mol. The van der Waals surface area contributed by atoms with Gasteiger partial charge in [-0.05, 0) is 30.7 Å². The molecule has 0 bridgehead atoms. The number of likely N-dealkylation sites (N-methyl/N-ethyl adjacent to an activating group) is 1. The Morgan fingerprint density at radius 3 is 2.52 bits per heavy atom. The first-order chi connectivity index (χ1) is 10.2. The summed E-state index contributed by atoms with van der Waals surface area (Å²) in [6, 6.07) is 18.5. The number of para-hydroxylation sites is 2. The van der Waals surface area contributed by atoms with Gasteiger partial charge in [-0.15, -0.1) is 0 Å². The number of nitrogens with zero attached hydrogens (tertiary/aromatic N) is 1. The summed E-state index contributed by atoms with van der Waals surface area (Å²) in [5.74, 6) is 0.907. The largest absolute Gasteiger partial charge is 0.459 e.